The summed E-state index contributed by atoms with van der Waals surface area (Å²) in [6.07, 6.45) is 1.73. The Balaban J connectivity index is 2.35. The average Bonchev–Trinajstić information content (AvgIpc) is 2.33. The normalized spacial score (nSPS) is 10.6. The maximum atomic E-state index is 13.1. The van der Waals surface area contributed by atoms with E-state index in [9.17, 15) is 13.2 Å². The molecule has 1 rings (SSSR count). The molecule has 0 aliphatic carbocycles. The molecule has 1 nitrogen and oxygen atoms in total. The topological polar surface area (TPSA) is 9.23 Å². The molecule has 0 N–H and O–H groups in total. The van der Waals surface area contributed by atoms with E-state index in [0.717, 1.165) is 36.5 Å². The van der Waals surface area contributed by atoms with Crippen molar-refractivity contribution in [2.45, 2.75) is 19.8 Å². The van der Waals surface area contributed by atoms with Gasteiger partial charge in [0.25, 0.3) is 0 Å². The average molecular weight is 264 g/mol. The Morgan fingerprint density at radius 2 is 1.88 bits per heavy atom. The number of ether oxygens (including phenoxy) is 1. The molecule has 0 amide bonds. The fourth-order valence-electron chi connectivity index (χ4n) is 1.25. The Morgan fingerprint density at radius 3 is 2.59 bits per heavy atom. The highest BCUT2D eigenvalue weighted by molar-refractivity contribution is 7.99. The van der Waals surface area contributed by atoms with Gasteiger partial charge in [-0.25, -0.2) is 8.78 Å². The third-order valence-corrected chi connectivity index (χ3v) is 3.13. The van der Waals surface area contributed by atoms with Crippen LogP contribution >= 0.6 is 11.8 Å². The van der Waals surface area contributed by atoms with E-state index in [1.165, 1.54) is 0 Å². The number of halogens is 3. The second-order valence-electron chi connectivity index (χ2n) is 3.43. The first-order chi connectivity index (χ1) is 8.16. The molecule has 0 radical (unpaired) electrons. The minimum absolute atomic E-state index is 0.230. The third kappa shape index (κ3) is 4.50. The van der Waals surface area contributed by atoms with E-state index in [1.807, 2.05) is 11.8 Å². The molecule has 0 atom stereocenters. The van der Waals surface area contributed by atoms with Gasteiger partial charge in [-0.05, 0) is 36.5 Å². The Hall–Kier alpha value is -0.840. The zero-order chi connectivity index (χ0) is 12.7. The molecular formula is C12H15F3OS. The van der Waals surface area contributed by atoms with Crippen LogP contribution in [0.15, 0.2) is 12.1 Å². The second-order valence-corrected chi connectivity index (χ2v) is 4.82. The molecule has 0 heterocycles. The van der Waals surface area contributed by atoms with Crippen molar-refractivity contribution < 1.29 is 17.9 Å². The lowest BCUT2D eigenvalue weighted by Gasteiger charge is -2.07. The van der Waals surface area contributed by atoms with Crippen molar-refractivity contribution in [3.05, 3.63) is 29.6 Å². The number of hydrogen-bond donors (Lipinski definition) is 0. The molecule has 17 heavy (non-hydrogen) atoms. The molecule has 1 aromatic carbocycles. The van der Waals surface area contributed by atoms with Crippen LogP contribution in [0.1, 0.15) is 19.8 Å². The highest BCUT2D eigenvalue weighted by Crippen LogP contribution is 2.22. The van der Waals surface area contributed by atoms with Gasteiger partial charge >= 0.3 is 0 Å². The van der Waals surface area contributed by atoms with E-state index in [4.69, 9.17) is 4.74 Å². The zero-order valence-corrected chi connectivity index (χ0v) is 10.5. The van der Waals surface area contributed by atoms with E-state index >= 15 is 0 Å². The van der Waals surface area contributed by atoms with Gasteiger partial charge in [-0.2, -0.15) is 16.2 Å². The molecule has 0 aliphatic rings. The molecule has 0 saturated heterocycles. The summed E-state index contributed by atoms with van der Waals surface area (Å²) >= 11 is 1.82. The first-order valence-electron chi connectivity index (χ1n) is 5.50. The molecule has 0 aromatic heterocycles. The van der Waals surface area contributed by atoms with Gasteiger partial charge in [0, 0.05) is 0 Å². The van der Waals surface area contributed by atoms with Crippen molar-refractivity contribution in [3.63, 3.8) is 0 Å². The molecule has 5 heteroatoms. The second kappa shape index (κ2) is 7.48. The summed E-state index contributed by atoms with van der Waals surface area (Å²) < 4.78 is 43.7. The molecule has 0 aliphatic heterocycles. The lowest BCUT2D eigenvalue weighted by molar-refractivity contribution is 0.286. The van der Waals surface area contributed by atoms with Crippen molar-refractivity contribution in [2.75, 3.05) is 18.1 Å². The monoisotopic (exact) mass is 264 g/mol. The van der Waals surface area contributed by atoms with Crippen LogP contribution < -0.4 is 4.74 Å². The summed E-state index contributed by atoms with van der Waals surface area (Å²) in [7, 11) is 0. The molecule has 1 aromatic rings. The smallest absolute Gasteiger partial charge is 0.203 e. The molecule has 0 fully saturated rings. The number of unbranched alkanes of at least 4 members (excludes halogenated alkanes) is 1. The maximum Gasteiger partial charge on any atom is 0.203 e. The van der Waals surface area contributed by atoms with Crippen LogP contribution in [-0.4, -0.2) is 18.1 Å². The standard InChI is InChI=1S/C12H15F3OS/c1-2-17-8-4-3-7-16-10-6-5-9(13)11(14)12(10)15/h5-6H,2-4,7-8H2,1H3. The van der Waals surface area contributed by atoms with E-state index < -0.39 is 17.5 Å². The molecule has 96 valence electrons. The van der Waals surface area contributed by atoms with Gasteiger partial charge in [-0.3, -0.25) is 0 Å². The fraction of sp³-hybridized carbons (Fsp3) is 0.500. The minimum Gasteiger partial charge on any atom is -0.490 e. The van der Waals surface area contributed by atoms with Gasteiger partial charge in [-0.15, -0.1) is 0 Å². The van der Waals surface area contributed by atoms with Crippen molar-refractivity contribution in [1.82, 2.24) is 0 Å². The summed E-state index contributed by atoms with van der Waals surface area (Å²) in [5, 5.41) is 0. The number of benzene rings is 1. The Labute approximate surface area is 103 Å². The van der Waals surface area contributed by atoms with E-state index in [1.54, 1.807) is 0 Å². The van der Waals surface area contributed by atoms with Crippen molar-refractivity contribution in [3.8, 4) is 5.75 Å². The van der Waals surface area contributed by atoms with Crippen LogP contribution in [0, 0.1) is 17.5 Å². The number of hydrogen-bond acceptors (Lipinski definition) is 2. The lowest BCUT2D eigenvalue weighted by atomic mass is 10.3. The van der Waals surface area contributed by atoms with Crippen LogP contribution in [0.5, 0.6) is 5.75 Å². The van der Waals surface area contributed by atoms with Gasteiger partial charge in [0.1, 0.15) is 0 Å². The quantitative estimate of drug-likeness (QED) is 0.543. The van der Waals surface area contributed by atoms with Crippen LogP contribution in [0.25, 0.3) is 0 Å². The number of rotatable bonds is 7. The van der Waals surface area contributed by atoms with Gasteiger partial charge in [-0.1, -0.05) is 6.92 Å². The van der Waals surface area contributed by atoms with Gasteiger partial charge in [0.15, 0.2) is 17.4 Å². The molecule has 0 saturated carbocycles. The first-order valence-corrected chi connectivity index (χ1v) is 6.66. The predicted octanol–water partition coefficient (Wildman–Crippen LogP) is 4.02. The third-order valence-electron chi connectivity index (χ3n) is 2.14. The highest BCUT2D eigenvalue weighted by Gasteiger charge is 2.13. The molecular weight excluding hydrogens is 249 g/mol. The Kier molecular flexibility index (Phi) is 6.26. The summed E-state index contributed by atoms with van der Waals surface area (Å²) in [5.74, 6) is -2.07. The van der Waals surface area contributed by atoms with E-state index in [0.29, 0.717) is 6.61 Å². The fourth-order valence-corrected chi connectivity index (χ4v) is 1.95. The van der Waals surface area contributed by atoms with Crippen LogP contribution in [0.2, 0.25) is 0 Å². The van der Waals surface area contributed by atoms with Crippen LogP contribution in [0.3, 0.4) is 0 Å². The number of thioether (sulfide) groups is 1. The molecule has 0 spiro atoms. The van der Waals surface area contributed by atoms with E-state index in [2.05, 4.69) is 6.92 Å². The van der Waals surface area contributed by atoms with Crippen molar-refractivity contribution in [2.24, 2.45) is 0 Å². The first kappa shape index (κ1) is 14.2. The lowest BCUT2D eigenvalue weighted by Crippen LogP contribution is -2.02. The summed E-state index contributed by atoms with van der Waals surface area (Å²) in [6.45, 7) is 2.39. The maximum absolute atomic E-state index is 13.1. The van der Waals surface area contributed by atoms with Crippen molar-refractivity contribution >= 4 is 11.8 Å². The summed E-state index contributed by atoms with van der Waals surface area (Å²) in [6, 6.07) is 1.97. The largest absolute Gasteiger partial charge is 0.490 e. The summed E-state index contributed by atoms with van der Waals surface area (Å²) in [5.41, 5.74) is 0. The van der Waals surface area contributed by atoms with Gasteiger partial charge < -0.3 is 4.74 Å². The Morgan fingerprint density at radius 1 is 1.12 bits per heavy atom. The molecule has 0 unspecified atom stereocenters. The van der Waals surface area contributed by atoms with E-state index in [-0.39, 0.29) is 5.75 Å². The van der Waals surface area contributed by atoms with Gasteiger partial charge in [0.2, 0.25) is 5.82 Å². The summed E-state index contributed by atoms with van der Waals surface area (Å²) in [4.78, 5) is 0. The van der Waals surface area contributed by atoms with Gasteiger partial charge in [0.05, 0.1) is 6.61 Å². The zero-order valence-electron chi connectivity index (χ0n) is 9.64. The van der Waals surface area contributed by atoms with Crippen LogP contribution in [0.4, 0.5) is 13.2 Å². The van der Waals surface area contributed by atoms with Crippen molar-refractivity contribution in [1.29, 1.82) is 0 Å². The highest BCUT2D eigenvalue weighted by atomic mass is 32.2. The Bertz CT molecular complexity index is 358. The SMILES string of the molecule is CCSCCCCOc1ccc(F)c(F)c1F. The minimum atomic E-state index is -1.48. The predicted molar refractivity (Wildman–Crippen MR) is 64.0 cm³/mol. The molecule has 0 bridgehead atoms. The van der Waals surface area contributed by atoms with Crippen LogP contribution in [-0.2, 0) is 0 Å².